The molecule has 1 heterocycles. The van der Waals surface area contributed by atoms with Crippen LogP contribution in [0.1, 0.15) is 12.1 Å². The molecular formula is C12H14BrFN4. The van der Waals surface area contributed by atoms with Gasteiger partial charge in [-0.2, -0.15) is 0 Å². The van der Waals surface area contributed by atoms with Crippen molar-refractivity contribution in [1.29, 1.82) is 0 Å². The van der Waals surface area contributed by atoms with Crippen LogP contribution in [0.4, 0.5) is 4.39 Å². The van der Waals surface area contributed by atoms with Crippen LogP contribution in [0.3, 0.4) is 0 Å². The molecule has 0 bridgehead atoms. The zero-order valence-electron chi connectivity index (χ0n) is 9.81. The second kappa shape index (κ2) is 6.61. The molecule has 96 valence electrons. The summed E-state index contributed by atoms with van der Waals surface area (Å²) in [6.45, 7) is 0.958. The Balaban J connectivity index is 2.00. The first-order valence-corrected chi connectivity index (χ1v) is 6.53. The molecule has 0 saturated heterocycles. The van der Waals surface area contributed by atoms with Crippen molar-refractivity contribution in [3.05, 3.63) is 40.6 Å². The molecule has 0 unspecified atom stereocenters. The number of nitrogens with zero attached hydrogens (tertiary/aromatic N) is 3. The fourth-order valence-corrected chi connectivity index (χ4v) is 2.01. The van der Waals surface area contributed by atoms with Crippen LogP contribution in [-0.2, 0) is 6.54 Å². The molecule has 18 heavy (non-hydrogen) atoms. The van der Waals surface area contributed by atoms with Gasteiger partial charge >= 0.3 is 0 Å². The smallest absolute Gasteiger partial charge is 0.0969 e. The van der Waals surface area contributed by atoms with Gasteiger partial charge in [0, 0.05) is 11.0 Å². The maximum atomic E-state index is 11.9. The van der Waals surface area contributed by atoms with Crippen LogP contribution in [0, 0.1) is 0 Å². The molecule has 0 aliphatic rings. The molecule has 1 aromatic heterocycles. The molecule has 1 N–H and O–H groups in total. The van der Waals surface area contributed by atoms with E-state index in [1.54, 1.807) is 4.68 Å². The number of hydrogen-bond acceptors (Lipinski definition) is 3. The molecule has 0 saturated carbocycles. The van der Waals surface area contributed by atoms with Gasteiger partial charge in [-0.1, -0.05) is 17.3 Å². The maximum Gasteiger partial charge on any atom is 0.0969 e. The van der Waals surface area contributed by atoms with Crippen molar-refractivity contribution >= 4 is 15.9 Å². The Hall–Kier alpha value is -1.27. The molecule has 2 rings (SSSR count). The Morgan fingerprint density at radius 2 is 2.17 bits per heavy atom. The van der Waals surface area contributed by atoms with Crippen molar-refractivity contribution in [2.24, 2.45) is 0 Å². The summed E-state index contributed by atoms with van der Waals surface area (Å²) in [5.41, 5.74) is 1.78. The Bertz CT molecular complexity index is 500. The lowest BCUT2D eigenvalue weighted by Gasteiger charge is -2.02. The summed E-state index contributed by atoms with van der Waals surface area (Å²) in [7, 11) is 0. The Morgan fingerprint density at radius 3 is 2.94 bits per heavy atom. The first-order chi connectivity index (χ1) is 8.81. The van der Waals surface area contributed by atoms with Gasteiger partial charge in [0.05, 0.1) is 24.3 Å². The summed E-state index contributed by atoms with van der Waals surface area (Å²) in [5, 5.41) is 11.3. The first kappa shape index (κ1) is 13.2. The molecular weight excluding hydrogens is 299 g/mol. The van der Waals surface area contributed by atoms with Crippen molar-refractivity contribution in [1.82, 2.24) is 20.3 Å². The number of benzene rings is 1. The van der Waals surface area contributed by atoms with Crippen LogP contribution >= 0.6 is 15.9 Å². The quantitative estimate of drug-likeness (QED) is 0.833. The van der Waals surface area contributed by atoms with E-state index < -0.39 is 0 Å². The third-order valence-corrected chi connectivity index (χ3v) is 3.10. The summed E-state index contributed by atoms with van der Waals surface area (Å²) >= 11 is 3.47. The highest BCUT2D eigenvalue weighted by atomic mass is 79.9. The van der Waals surface area contributed by atoms with E-state index in [0.29, 0.717) is 19.5 Å². The minimum atomic E-state index is -0.295. The summed E-state index contributed by atoms with van der Waals surface area (Å²) in [5.74, 6) is 0. The molecule has 1 aromatic carbocycles. The van der Waals surface area contributed by atoms with Crippen LogP contribution in [0.25, 0.3) is 5.69 Å². The largest absolute Gasteiger partial charge is 0.311 e. The van der Waals surface area contributed by atoms with Gasteiger partial charge in [-0.25, -0.2) is 4.68 Å². The summed E-state index contributed by atoms with van der Waals surface area (Å²) in [6, 6.07) is 7.81. The zero-order chi connectivity index (χ0) is 12.8. The fourth-order valence-electron chi connectivity index (χ4n) is 1.54. The molecule has 6 heteroatoms. The van der Waals surface area contributed by atoms with E-state index in [1.807, 2.05) is 30.5 Å². The van der Waals surface area contributed by atoms with Crippen molar-refractivity contribution < 1.29 is 4.39 Å². The average molecular weight is 313 g/mol. The normalized spacial score (nSPS) is 10.8. The van der Waals surface area contributed by atoms with Gasteiger partial charge in [0.15, 0.2) is 0 Å². The van der Waals surface area contributed by atoms with Crippen molar-refractivity contribution in [3.63, 3.8) is 0 Å². The number of aromatic nitrogens is 3. The predicted octanol–water partition coefficient (Wildman–Crippen LogP) is 2.48. The summed E-state index contributed by atoms with van der Waals surface area (Å²) in [4.78, 5) is 0. The van der Waals surface area contributed by atoms with Crippen LogP contribution in [-0.4, -0.2) is 28.2 Å². The highest BCUT2D eigenvalue weighted by molar-refractivity contribution is 9.10. The van der Waals surface area contributed by atoms with E-state index in [4.69, 9.17) is 0 Å². The minimum absolute atomic E-state index is 0.295. The van der Waals surface area contributed by atoms with Crippen LogP contribution in [0.15, 0.2) is 34.9 Å². The summed E-state index contributed by atoms with van der Waals surface area (Å²) < 4.78 is 14.6. The minimum Gasteiger partial charge on any atom is -0.311 e. The topological polar surface area (TPSA) is 42.7 Å². The summed E-state index contributed by atoms with van der Waals surface area (Å²) in [6.07, 6.45) is 2.39. The SMILES string of the molecule is FCCCNCc1cn(-c2ccccc2Br)nn1. The standard InChI is InChI=1S/C12H14BrFN4/c13-11-4-1-2-5-12(11)18-9-10(16-17-18)8-15-7-3-6-14/h1-2,4-5,9,15H,3,6-8H2. The number of alkyl halides is 1. The molecule has 0 spiro atoms. The lowest BCUT2D eigenvalue weighted by molar-refractivity contribution is 0.458. The monoisotopic (exact) mass is 312 g/mol. The second-order valence-electron chi connectivity index (χ2n) is 3.83. The predicted molar refractivity (Wildman–Crippen MR) is 71.4 cm³/mol. The van der Waals surface area contributed by atoms with Crippen LogP contribution in [0.5, 0.6) is 0 Å². The van der Waals surface area contributed by atoms with E-state index in [-0.39, 0.29) is 6.67 Å². The molecule has 0 fully saturated rings. The third-order valence-electron chi connectivity index (χ3n) is 2.43. The van der Waals surface area contributed by atoms with Gasteiger partial charge in [-0.05, 0) is 41.0 Å². The Kier molecular flexibility index (Phi) is 4.83. The molecule has 0 amide bonds. The fraction of sp³-hybridized carbons (Fsp3) is 0.333. The first-order valence-electron chi connectivity index (χ1n) is 5.74. The van der Waals surface area contributed by atoms with E-state index in [2.05, 4.69) is 31.6 Å². The van der Waals surface area contributed by atoms with Crippen LogP contribution in [0.2, 0.25) is 0 Å². The Morgan fingerprint density at radius 1 is 1.33 bits per heavy atom. The number of halogens is 2. The van der Waals surface area contributed by atoms with Gasteiger partial charge in [-0.15, -0.1) is 5.10 Å². The number of rotatable bonds is 6. The van der Waals surface area contributed by atoms with Gasteiger partial charge in [0.2, 0.25) is 0 Å². The molecule has 0 aliphatic carbocycles. The maximum absolute atomic E-state index is 11.9. The molecule has 0 radical (unpaired) electrons. The second-order valence-corrected chi connectivity index (χ2v) is 4.68. The van der Waals surface area contributed by atoms with Crippen molar-refractivity contribution in [3.8, 4) is 5.69 Å². The molecule has 4 nitrogen and oxygen atoms in total. The highest BCUT2D eigenvalue weighted by Gasteiger charge is 2.05. The molecule has 2 aromatic rings. The van der Waals surface area contributed by atoms with E-state index in [1.165, 1.54) is 0 Å². The third kappa shape index (κ3) is 3.36. The lowest BCUT2D eigenvalue weighted by Crippen LogP contribution is -2.15. The van der Waals surface area contributed by atoms with Gasteiger partial charge in [0.1, 0.15) is 0 Å². The number of para-hydroxylation sites is 1. The average Bonchev–Trinajstić information content (AvgIpc) is 2.84. The Labute approximate surface area is 113 Å². The number of hydrogen-bond donors (Lipinski definition) is 1. The van der Waals surface area contributed by atoms with E-state index in [0.717, 1.165) is 15.9 Å². The molecule has 0 atom stereocenters. The van der Waals surface area contributed by atoms with E-state index in [9.17, 15) is 4.39 Å². The van der Waals surface area contributed by atoms with E-state index >= 15 is 0 Å². The van der Waals surface area contributed by atoms with Crippen molar-refractivity contribution in [2.75, 3.05) is 13.2 Å². The number of nitrogens with one attached hydrogen (secondary N) is 1. The van der Waals surface area contributed by atoms with Gasteiger partial charge in [-0.3, -0.25) is 4.39 Å². The van der Waals surface area contributed by atoms with Gasteiger partial charge in [0.25, 0.3) is 0 Å². The highest BCUT2D eigenvalue weighted by Crippen LogP contribution is 2.19. The van der Waals surface area contributed by atoms with Crippen molar-refractivity contribution in [2.45, 2.75) is 13.0 Å². The van der Waals surface area contributed by atoms with Crippen LogP contribution < -0.4 is 5.32 Å². The molecule has 0 aliphatic heterocycles. The zero-order valence-corrected chi connectivity index (χ0v) is 11.4. The lowest BCUT2D eigenvalue weighted by atomic mass is 10.3. The van der Waals surface area contributed by atoms with Gasteiger partial charge < -0.3 is 5.32 Å².